The first-order valence-corrected chi connectivity index (χ1v) is 15.7. The summed E-state index contributed by atoms with van der Waals surface area (Å²) in [5, 5.41) is 13.1. The van der Waals surface area contributed by atoms with Gasteiger partial charge in [-0.2, -0.15) is 0 Å². The van der Waals surface area contributed by atoms with E-state index in [4.69, 9.17) is 4.74 Å². The molecule has 10 heteroatoms. The van der Waals surface area contributed by atoms with Crippen molar-refractivity contribution in [2.45, 2.75) is 75.6 Å². The van der Waals surface area contributed by atoms with Gasteiger partial charge in [-0.3, -0.25) is 9.59 Å². The van der Waals surface area contributed by atoms with Gasteiger partial charge in [-0.25, -0.2) is 13.2 Å². The Morgan fingerprint density at radius 1 is 1.07 bits per heavy atom. The van der Waals surface area contributed by atoms with Gasteiger partial charge in [0.15, 0.2) is 9.84 Å². The fourth-order valence-corrected chi connectivity index (χ4v) is 5.85. The molecule has 1 aliphatic carbocycles. The van der Waals surface area contributed by atoms with Crippen molar-refractivity contribution < 1.29 is 32.6 Å². The minimum absolute atomic E-state index is 0.0424. The van der Waals surface area contributed by atoms with Crippen molar-refractivity contribution in [2.24, 2.45) is 0 Å². The maximum Gasteiger partial charge on any atom is 0.341 e. The number of sulfone groups is 1. The maximum absolute atomic E-state index is 13.2. The second-order valence-corrected chi connectivity index (χ2v) is 12.3. The Bertz CT molecular complexity index is 1310. The highest BCUT2D eigenvalue weighted by Crippen LogP contribution is 2.33. The molecule has 0 fully saturated rings. The van der Waals surface area contributed by atoms with E-state index in [9.17, 15) is 27.9 Å². The quantitative estimate of drug-likeness (QED) is 0.277. The molecule has 0 spiro atoms. The molecule has 2 amide bonds. The van der Waals surface area contributed by atoms with Gasteiger partial charge in [-0.1, -0.05) is 31.5 Å². The molecule has 2 N–H and O–H groups in total. The van der Waals surface area contributed by atoms with Gasteiger partial charge in [0.1, 0.15) is 11.3 Å². The summed E-state index contributed by atoms with van der Waals surface area (Å²) in [5.41, 5.74) is 2.74. The number of methoxy groups -OCH3 is 1. The van der Waals surface area contributed by atoms with E-state index < -0.39 is 15.8 Å². The van der Waals surface area contributed by atoms with Gasteiger partial charge >= 0.3 is 5.97 Å². The summed E-state index contributed by atoms with van der Waals surface area (Å²) < 4.78 is 28.0. The van der Waals surface area contributed by atoms with Crippen LogP contribution in [0.3, 0.4) is 0 Å². The number of ether oxygens (including phenoxy) is 1. The third-order valence-electron chi connectivity index (χ3n) is 7.29. The Morgan fingerprint density at radius 3 is 2.45 bits per heavy atom. The number of amides is 2. The van der Waals surface area contributed by atoms with Crippen LogP contribution in [0.15, 0.2) is 41.3 Å². The molecule has 0 unspecified atom stereocenters. The molecular weight excluding hydrogens is 532 g/mol. The average Bonchev–Trinajstić information content (AvgIpc) is 2.92. The molecule has 2 aromatic carbocycles. The van der Waals surface area contributed by atoms with E-state index in [1.54, 1.807) is 12.1 Å². The summed E-state index contributed by atoms with van der Waals surface area (Å²) in [5.74, 6) is -0.638. The Morgan fingerprint density at radius 2 is 1.80 bits per heavy atom. The molecule has 3 rings (SSSR count). The largest absolute Gasteiger partial charge is 0.507 e. The highest BCUT2D eigenvalue weighted by atomic mass is 32.2. The van der Waals surface area contributed by atoms with Crippen molar-refractivity contribution >= 4 is 27.6 Å². The molecule has 1 atom stereocenters. The van der Waals surface area contributed by atoms with Gasteiger partial charge in [-0.05, 0) is 73.4 Å². The smallest absolute Gasteiger partial charge is 0.341 e. The Hall–Kier alpha value is -3.40. The minimum Gasteiger partial charge on any atom is -0.507 e. The highest BCUT2D eigenvalue weighted by Gasteiger charge is 2.30. The van der Waals surface area contributed by atoms with E-state index in [1.165, 1.54) is 25.3 Å². The van der Waals surface area contributed by atoms with Crippen molar-refractivity contribution in [2.75, 3.05) is 26.5 Å². The third kappa shape index (κ3) is 8.30. The van der Waals surface area contributed by atoms with Crippen LogP contribution in [0.1, 0.15) is 72.5 Å². The number of phenols is 1. The number of rotatable bonds is 13. The monoisotopic (exact) mass is 572 g/mol. The van der Waals surface area contributed by atoms with Crippen LogP contribution in [-0.4, -0.2) is 68.7 Å². The molecule has 0 heterocycles. The molecular formula is C30H40N2O7S. The summed E-state index contributed by atoms with van der Waals surface area (Å²) in [6.45, 7) is 3.23. The molecule has 0 saturated heterocycles. The van der Waals surface area contributed by atoms with Gasteiger partial charge in [-0.15, -0.1) is 0 Å². The number of unbranched alkanes of at least 4 members (excludes halogenated alkanes) is 2. The number of carbonyl (C=O) groups excluding carboxylic acids is 3. The molecule has 9 nitrogen and oxygen atoms in total. The van der Waals surface area contributed by atoms with Crippen molar-refractivity contribution in [3.8, 4) is 5.75 Å². The minimum atomic E-state index is -3.26. The summed E-state index contributed by atoms with van der Waals surface area (Å²) in [6.07, 6.45) is 6.85. The van der Waals surface area contributed by atoms with E-state index in [0.717, 1.165) is 55.1 Å². The average molecular weight is 573 g/mol. The van der Waals surface area contributed by atoms with Crippen LogP contribution >= 0.6 is 0 Å². The van der Waals surface area contributed by atoms with Crippen molar-refractivity contribution in [3.05, 3.63) is 58.7 Å². The number of carbonyl (C=O) groups is 3. The molecule has 40 heavy (non-hydrogen) atoms. The van der Waals surface area contributed by atoms with E-state index in [1.807, 2.05) is 17.9 Å². The first-order chi connectivity index (χ1) is 19.0. The number of fused-ring (bicyclic) bond motifs is 1. The lowest BCUT2D eigenvalue weighted by Crippen LogP contribution is -2.44. The molecule has 0 saturated carbocycles. The van der Waals surface area contributed by atoms with Crippen LogP contribution in [0, 0.1) is 0 Å². The van der Waals surface area contributed by atoms with Crippen LogP contribution in [0.4, 0.5) is 0 Å². The SMILES string of the molecule is CCCN(C(=O)CCCCCNC(=O)Cc1ccc(S(C)(=O)=O)cc1)[C@H]1CCc2c(ccc(O)c2C(=O)OC)C1. The summed E-state index contributed by atoms with van der Waals surface area (Å²) >= 11 is 0. The molecule has 0 radical (unpaired) electrons. The predicted molar refractivity (Wildman–Crippen MR) is 152 cm³/mol. The van der Waals surface area contributed by atoms with Gasteiger partial charge in [0, 0.05) is 31.8 Å². The van der Waals surface area contributed by atoms with Crippen LogP contribution < -0.4 is 5.32 Å². The number of benzene rings is 2. The number of aromatic hydroxyl groups is 1. The number of nitrogens with zero attached hydrogens (tertiary/aromatic N) is 1. The Balaban J connectivity index is 1.43. The predicted octanol–water partition coefficient (Wildman–Crippen LogP) is 3.60. The van der Waals surface area contributed by atoms with Crippen LogP contribution in [0.5, 0.6) is 5.75 Å². The topological polar surface area (TPSA) is 130 Å². The lowest BCUT2D eigenvalue weighted by Gasteiger charge is -2.36. The molecule has 218 valence electrons. The van der Waals surface area contributed by atoms with Gasteiger partial charge in [0.25, 0.3) is 0 Å². The van der Waals surface area contributed by atoms with E-state index >= 15 is 0 Å². The van der Waals surface area contributed by atoms with Gasteiger partial charge in [0.2, 0.25) is 11.8 Å². The zero-order valence-electron chi connectivity index (χ0n) is 23.6. The Kier molecular flexibility index (Phi) is 11.1. The number of hydrogen-bond acceptors (Lipinski definition) is 7. The summed E-state index contributed by atoms with van der Waals surface area (Å²) in [7, 11) is -1.96. The number of nitrogens with one attached hydrogen (secondary N) is 1. The molecule has 1 aliphatic rings. The fraction of sp³-hybridized carbons (Fsp3) is 0.500. The summed E-state index contributed by atoms with van der Waals surface area (Å²) in [4.78, 5) is 39.8. The van der Waals surface area contributed by atoms with E-state index in [0.29, 0.717) is 32.4 Å². The van der Waals surface area contributed by atoms with Gasteiger partial charge < -0.3 is 20.1 Å². The highest BCUT2D eigenvalue weighted by molar-refractivity contribution is 7.90. The standard InChI is InChI=1S/C30H40N2O7S/c1-4-18-32(23-12-15-25-22(20-23)11-16-26(33)29(25)30(36)39-2)28(35)8-6-5-7-17-31-27(34)19-21-9-13-24(14-10-21)40(3,37)38/h9-11,13-14,16,23,33H,4-8,12,15,17-20H2,1-3H3,(H,31,34)/t23-/m0/s1. The summed E-state index contributed by atoms with van der Waals surface area (Å²) in [6, 6.07) is 9.71. The Labute approximate surface area is 236 Å². The van der Waals surface area contributed by atoms with Crippen molar-refractivity contribution in [1.82, 2.24) is 10.2 Å². The number of hydrogen-bond donors (Lipinski definition) is 2. The zero-order chi connectivity index (χ0) is 29.3. The second-order valence-electron chi connectivity index (χ2n) is 10.3. The lowest BCUT2D eigenvalue weighted by atomic mass is 9.84. The fourth-order valence-electron chi connectivity index (χ4n) is 5.22. The second kappa shape index (κ2) is 14.3. The maximum atomic E-state index is 13.2. The van der Waals surface area contributed by atoms with Crippen LogP contribution in [0.25, 0.3) is 0 Å². The van der Waals surface area contributed by atoms with Crippen LogP contribution in [-0.2, 0) is 43.4 Å². The zero-order valence-corrected chi connectivity index (χ0v) is 24.4. The van der Waals surface area contributed by atoms with Crippen molar-refractivity contribution in [3.63, 3.8) is 0 Å². The van der Waals surface area contributed by atoms with E-state index in [-0.39, 0.29) is 40.5 Å². The number of esters is 1. The first kappa shape index (κ1) is 31.1. The van der Waals surface area contributed by atoms with Crippen molar-refractivity contribution in [1.29, 1.82) is 0 Å². The lowest BCUT2D eigenvalue weighted by molar-refractivity contribution is -0.134. The number of phenolic OH excluding ortho intramolecular Hbond substituents is 1. The molecule has 2 aromatic rings. The first-order valence-electron chi connectivity index (χ1n) is 13.8. The van der Waals surface area contributed by atoms with Crippen LogP contribution in [0.2, 0.25) is 0 Å². The third-order valence-corrected chi connectivity index (χ3v) is 8.42. The normalized spacial score (nSPS) is 14.7. The van der Waals surface area contributed by atoms with E-state index in [2.05, 4.69) is 5.32 Å². The molecule has 0 aromatic heterocycles. The van der Waals surface area contributed by atoms with Gasteiger partial charge in [0.05, 0.1) is 18.4 Å². The molecule has 0 bridgehead atoms. The molecule has 0 aliphatic heterocycles.